The lowest BCUT2D eigenvalue weighted by molar-refractivity contribution is -0.129. The van der Waals surface area contributed by atoms with Gasteiger partial charge in [-0.2, -0.15) is 0 Å². The molecule has 1 unspecified atom stereocenters. The van der Waals surface area contributed by atoms with Gasteiger partial charge in [0.2, 0.25) is 11.8 Å². The molecule has 8 heteroatoms. The highest BCUT2D eigenvalue weighted by molar-refractivity contribution is 5.91. The molecule has 2 amide bonds. The van der Waals surface area contributed by atoms with E-state index in [1.54, 1.807) is 18.8 Å². The topological polar surface area (TPSA) is 113 Å². The number of aromatic nitrogens is 1. The summed E-state index contributed by atoms with van der Waals surface area (Å²) >= 11 is 0. The highest BCUT2D eigenvalue weighted by atomic mass is 16.5. The summed E-state index contributed by atoms with van der Waals surface area (Å²) in [6, 6.07) is 7.99. The van der Waals surface area contributed by atoms with Crippen molar-refractivity contribution in [2.24, 2.45) is 0 Å². The molecule has 152 valence electrons. The highest BCUT2D eigenvalue weighted by Crippen LogP contribution is 2.28. The average Bonchev–Trinajstić information content (AvgIpc) is 2.70. The number of rotatable bonds is 11. The van der Waals surface area contributed by atoms with E-state index in [0.717, 1.165) is 35.2 Å². The van der Waals surface area contributed by atoms with E-state index in [1.807, 2.05) is 24.3 Å². The lowest BCUT2D eigenvalue weighted by atomic mass is 10.1. The minimum Gasteiger partial charge on any atom is -0.497 e. The van der Waals surface area contributed by atoms with Crippen molar-refractivity contribution in [1.82, 2.24) is 15.8 Å². The third kappa shape index (κ3) is 6.70. The Morgan fingerprint density at radius 1 is 1.21 bits per heavy atom. The van der Waals surface area contributed by atoms with E-state index in [2.05, 4.69) is 22.5 Å². The quantitative estimate of drug-likeness (QED) is 0.267. The normalized spacial score (nSPS) is 11.7. The Kier molecular flexibility index (Phi) is 8.48. The maximum atomic E-state index is 11.7. The van der Waals surface area contributed by atoms with Crippen LogP contribution in [0.4, 0.5) is 5.69 Å². The summed E-state index contributed by atoms with van der Waals surface area (Å²) in [6.07, 6.45) is 4.28. The van der Waals surface area contributed by atoms with Crippen molar-refractivity contribution >= 4 is 28.4 Å². The van der Waals surface area contributed by atoms with Gasteiger partial charge in [-0.1, -0.05) is 6.07 Å². The summed E-state index contributed by atoms with van der Waals surface area (Å²) in [7, 11) is 1.64. The van der Waals surface area contributed by atoms with Gasteiger partial charge in [0, 0.05) is 43.1 Å². The zero-order chi connectivity index (χ0) is 20.4. The first kappa shape index (κ1) is 21.4. The third-order valence-electron chi connectivity index (χ3n) is 4.38. The summed E-state index contributed by atoms with van der Waals surface area (Å²) in [6.45, 7) is 2.66. The number of nitrogens with zero attached hydrogens (tertiary/aromatic N) is 1. The lowest BCUT2D eigenvalue weighted by Gasteiger charge is -2.17. The van der Waals surface area contributed by atoms with E-state index in [4.69, 9.17) is 9.94 Å². The Morgan fingerprint density at radius 3 is 2.75 bits per heavy atom. The molecule has 0 aliphatic heterocycles. The molecule has 0 aliphatic carbocycles. The molecular weight excluding hydrogens is 360 g/mol. The van der Waals surface area contributed by atoms with Gasteiger partial charge in [-0.15, -0.1) is 0 Å². The van der Waals surface area contributed by atoms with Crippen LogP contribution in [0.2, 0.25) is 0 Å². The van der Waals surface area contributed by atoms with Crippen LogP contribution in [0.25, 0.3) is 10.9 Å². The molecule has 0 spiro atoms. The van der Waals surface area contributed by atoms with E-state index in [1.165, 1.54) is 0 Å². The van der Waals surface area contributed by atoms with Crippen molar-refractivity contribution in [3.05, 3.63) is 30.5 Å². The third-order valence-corrected chi connectivity index (χ3v) is 4.38. The van der Waals surface area contributed by atoms with E-state index in [9.17, 15) is 9.59 Å². The summed E-state index contributed by atoms with van der Waals surface area (Å²) in [5.74, 6) is 0.207. The number of hydroxylamine groups is 1. The van der Waals surface area contributed by atoms with Crippen LogP contribution in [0, 0.1) is 0 Å². The molecule has 0 saturated carbocycles. The summed E-state index contributed by atoms with van der Waals surface area (Å²) in [4.78, 5) is 27.1. The molecule has 1 aromatic carbocycles. The number of amides is 2. The summed E-state index contributed by atoms with van der Waals surface area (Å²) in [5.41, 5.74) is 3.37. The number of ether oxygens (including phenoxy) is 1. The zero-order valence-corrected chi connectivity index (χ0v) is 16.3. The van der Waals surface area contributed by atoms with Crippen molar-refractivity contribution in [2.45, 2.75) is 45.1 Å². The molecule has 8 nitrogen and oxygen atoms in total. The highest BCUT2D eigenvalue weighted by Gasteiger charge is 2.09. The Hall–Kier alpha value is -2.87. The van der Waals surface area contributed by atoms with Crippen molar-refractivity contribution in [1.29, 1.82) is 0 Å². The first-order valence-electron chi connectivity index (χ1n) is 9.42. The minimum atomic E-state index is -0.479. The van der Waals surface area contributed by atoms with Crippen LogP contribution in [0.5, 0.6) is 5.75 Å². The molecule has 28 heavy (non-hydrogen) atoms. The number of anilines is 1. The number of pyridine rings is 1. The fraction of sp³-hybridized carbons (Fsp3) is 0.450. The maximum absolute atomic E-state index is 11.7. The van der Waals surface area contributed by atoms with Crippen LogP contribution in [0.3, 0.4) is 0 Å². The lowest BCUT2D eigenvalue weighted by Crippen LogP contribution is -2.26. The number of hydrogen-bond donors (Lipinski definition) is 4. The number of fused-ring (bicyclic) bond motifs is 1. The van der Waals surface area contributed by atoms with Crippen LogP contribution in [0.15, 0.2) is 30.5 Å². The van der Waals surface area contributed by atoms with Gasteiger partial charge in [0.05, 0.1) is 18.3 Å². The molecule has 0 aliphatic rings. The van der Waals surface area contributed by atoms with Crippen molar-refractivity contribution < 1.29 is 19.5 Å². The molecular formula is C20H28N4O4. The molecule has 1 heterocycles. The number of hydrogen-bond acceptors (Lipinski definition) is 6. The first-order chi connectivity index (χ1) is 13.5. The number of carbonyl (C=O) groups excluding carboxylic acids is 2. The second kappa shape index (κ2) is 11.1. The van der Waals surface area contributed by atoms with Gasteiger partial charge in [0.1, 0.15) is 5.75 Å². The van der Waals surface area contributed by atoms with Gasteiger partial charge >= 0.3 is 0 Å². The van der Waals surface area contributed by atoms with E-state index in [-0.39, 0.29) is 24.8 Å². The van der Waals surface area contributed by atoms with Gasteiger partial charge < -0.3 is 15.4 Å². The molecule has 2 aromatic rings. The molecule has 4 N–H and O–H groups in total. The maximum Gasteiger partial charge on any atom is 0.243 e. The van der Waals surface area contributed by atoms with Gasteiger partial charge in [-0.05, 0) is 38.3 Å². The van der Waals surface area contributed by atoms with Crippen molar-refractivity contribution in [2.75, 3.05) is 19.0 Å². The van der Waals surface area contributed by atoms with E-state index >= 15 is 0 Å². The van der Waals surface area contributed by atoms with Crippen molar-refractivity contribution in [3.8, 4) is 5.75 Å². The van der Waals surface area contributed by atoms with Crippen LogP contribution in [0.1, 0.15) is 39.0 Å². The Balaban J connectivity index is 1.76. The van der Waals surface area contributed by atoms with Gasteiger partial charge in [0.25, 0.3) is 0 Å². The van der Waals surface area contributed by atoms with Crippen LogP contribution in [-0.4, -0.2) is 41.7 Å². The fourth-order valence-electron chi connectivity index (χ4n) is 2.92. The molecule has 1 aromatic heterocycles. The standard InChI is InChI=1S/C20H28N4O4/c1-14(6-4-10-21-18(25)8-3-9-19(26)24-27)23-17-13-16(28-2)12-15-7-5-11-22-20(15)17/h5,7,11-14,23,27H,3-4,6,8-10H2,1-2H3,(H,21,25)(H,24,26). The number of benzene rings is 1. The van der Waals surface area contributed by atoms with E-state index in [0.29, 0.717) is 13.0 Å². The average molecular weight is 388 g/mol. The first-order valence-corrected chi connectivity index (χ1v) is 9.42. The molecule has 0 bridgehead atoms. The predicted octanol–water partition coefficient (Wildman–Crippen LogP) is 2.62. The smallest absolute Gasteiger partial charge is 0.243 e. The van der Waals surface area contributed by atoms with Crippen molar-refractivity contribution in [3.63, 3.8) is 0 Å². The SMILES string of the molecule is COc1cc(NC(C)CCCNC(=O)CCCC(=O)NO)c2ncccc2c1. The zero-order valence-electron chi connectivity index (χ0n) is 16.3. The van der Waals surface area contributed by atoms with Crippen LogP contribution < -0.4 is 20.9 Å². The Morgan fingerprint density at radius 2 is 2.00 bits per heavy atom. The molecule has 0 radical (unpaired) electrons. The number of nitrogens with one attached hydrogen (secondary N) is 3. The largest absolute Gasteiger partial charge is 0.497 e. The second-order valence-electron chi connectivity index (χ2n) is 6.68. The Bertz CT molecular complexity index is 797. The van der Waals surface area contributed by atoms with Crippen LogP contribution >= 0.6 is 0 Å². The molecule has 2 rings (SSSR count). The Labute approximate surface area is 164 Å². The second-order valence-corrected chi connectivity index (χ2v) is 6.68. The monoisotopic (exact) mass is 388 g/mol. The van der Waals surface area contributed by atoms with E-state index < -0.39 is 5.91 Å². The van der Waals surface area contributed by atoms with Crippen LogP contribution in [-0.2, 0) is 9.59 Å². The molecule has 0 saturated heterocycles. The summed E-state index contributed by atoms with van der Waals surface area (Å²) in [5, 5.41) is 15.7. The fourth-order valence-corrected chi connectivity index (χ4v) is 2.92. The number of carbonyl (C=O) groups is 2. The number of methoxy groups -OCH3 is 1. The van der Waals surface area contributed by atoms with Gasteiger partial charge in [0.15, 0.2) is 0 Å². The molecule has 1 atom stereocenters. The van der Waals surface area contributed by atoms with Gasteiger partial charge in [-0.25, -0.2) is 5.48 Å². The predicted molar refractivity (Wildman–Crippen MR) is 107 cm³/mol. The van der Waals surface area contributed by atoms with Gasteiger partial charge in [-0.3, -0.25) is 19.8 Å². The molecule has 0 fully saturated rings. The minimum absolute atomic E-state index is 0.0886. The summed E-state index contributed by atoms with van der Waals surface area (Å²) < 4.78 is 5.37.